The maximum atomic E-state index is 11.9. The summed E-state index contributed by atoms with van der Waals surface area (Å²) in [7, 11) is 0. The molecule has 0 radical (unpaired) electrons. The third-order valence-electron chi connectivity index (χ3n) is 4.01. The van der Waals surface area contributed by atoms with Gasteiger partial charge in [-0.1, -0.05) is 40.5 Å². The van der Waals surface area contributed by atoms with Crippen molar-refractivity contribution in [3.8, 4) is 0 Å². The molecule has 0 bridgehead atoms. The van der Waals surface area contributed by atoms with Crippen LogP contribution in [0.3, 0.4) is 0 Å². The molecule has 1 aliphatic carbocycles. The Hall–Kier alpha value is -1.36. The molecule has 1 fully saturated rings. The third kappa shape index (κ3) is 3.03. The first kappa shape index (κ1) is 15.0. The molecular weight excluding hydrogens is 322 g/mol. The number of nitrogens with one attached hydrogen (secondary N) is 1. The number of hydrogen-bond acceptors (Lipinski definition) is 2. The second-order valence-electron chi connectivity index (χ2n) is 5.44. The van der Waals surface area contributed by atoms with E-state index >= 15 is 0 Å². The summed E-state index contributed by atoms with van der Waals surface area (Å²) < 4.78 is 0.983. The van der Waals surface area contributed by atoms with Crippen LogP contribution in [0.1, 0.15) is 36.8 Å². The summed E-state index contributed by atoms with van der Waals surface area (Å²) in [6.07, 6.45) is 2.17. The molecule has 2 rings (SSSR count). The Morgan fingerprint density at radius 2 is 2.10 bits per heavy atom. The molecular formula is C15H18BrNO3. The van der Waals surface area contributed by atoms with Gasteiger partial charge >= 0.3 is 5.97 Å². The quantitative estimate of drug-likeness (QED) is 0.866. The summed E-state index contributed by atoms with van der Waals surface area (Å²) in [6, 6.07) is 5.86. The molecule has 5 heteroatoms. The lowest BCUT2D eigenvalue weighted by Crippen LogP contribution is -2.42. The molecule has 0 spiro atoms. The SMILES string of the molecule is Cc1cccc(CNC(=O)CC2(C(=O)O)CCC2)c1Br. The van der Waals surface area contributed by atoms with Gasteiger partial charge in [-0.3, -0.25) is 9.59 Å². The number of halogens is 1. The summed E-state index contributed by atoms with van der Waals surface area (Å²) in [5.74, 6) is -1.05. The van der Waals surface area contributed by atoms with Gasteiger partial charge in [-0.15, -0.1) is 0 Å². The van der Waals surface area contributed by atoms with E-state index in [4.69, 9.17) is 0 Å². The van der Waals surface area contributed by atoms with Gasteiger partial charge in [-0.05, 0) is 30.9 Å². The minimum atomic E-state index is -0.851. The van der Waals surface area contributed by atoms with E-state index in [1.165, 1.54) is 0 Å². The normalized spacial score (nSPS) is 16.3. The van der Waals surface area contributed by atoms with Gasteiger partial charge in [0.25, 0.3) is 0 Å². The van der Waals surface area contributed by atoms with E-state index in [1.54, 1.807) is 0 Å². The number of carboxylic acid groups (broad SMARTS) is 1. The molecule has 0 atom stereocenters. The fraction of sp³-hybridized carbons (Fsp3) is 0.467. The first-order valence-corrected chi connectivity index (χ1v) is 7.48. The van der Waals surface area contributed by atoms with E-state index in [1.807, 2.05) is 25.1 Å². The molecule has 0 aromatic heterocycles. The lowest BCUT2D eigenvalue weighted by molar-refractivity contribution is -0.157. The van der Waals surface area contributed by atoms with Crippen LogP contribution in [0.15, 0.2) is 22.7 Å². The van der Waals surface area contributed by atoms with Gasteiger partial charge in [0, 0.05) is 17.4 Å². The fourth-order valence-electron chi connectivity index (χ4n) is 2.48. The van der Waals surface area contributed by atoms with Crippen LogP contribution < -0.4 is 5.32 Å². The van der Waals surface area contributed by atoms with E-state index in [2.05, 4.69) is 21.2 Å². The van der Waals surface area contributed by atoms with Crippen LogP contribution in [-0.4, -0.2) is 17.0 Å². The molecule has 1 aromatic carbocycles. The van der Waals surface area contributed by atoms with Gasteiger partial charge < -0.3 is 10.4 Å². The zero-order valence-electron chi connectivity index (χ0n) is 11.4. The van der Waals surface area contributed by atoms with E-state index in [0.717, 1.165) is 22.0 Å². The lowest BCUT2D eigenvalue weighted by atomic mass is 9.66. The first-order chi connectivity index (χ1) is 9.44. The summed E-state index contributed by atoms with van der Waals surface area (Å²) >= 11 is 3.49. The third-order valence-corrected chi connectivity index (χ3v) is 5.15. The fourth-order valence-corrected chi connectivity index (χ4v) is 2.88. The zero-order chi connectivity index (χ0) is 14.8. The predicted molar refractivity (Wildman–Crippen MR) is 79.3 cm³/mol. The van der Waals surface area contributed by atoms with Crippen LogP contribution in [0, 0.1) is 12.3 Å². The Kier molecular flexibility index (Phi) is 4.48. The van der Waals surface area contributed by atoms with Crippen molar-refractivity contribution >= 4 is 27.8 Å². The largest absolute Gasteiger partial charge is 0.481 e. The Morgan fingerprint density at radius 3 is 2.65 bits per heavy atom. The van der Waals surface area contributed by atoms with Crippen LogP contribution in [0.25, 0.3) is 0 Å². The van der Waals surface area contributed by atoms with Crippen molar-refractivity contribution in [1.29, 1.82) is 0 Å². The molecule has 1 aliphatic rings. The topological polar surface area (TPSA) is 66.4 Å². The van der Waals surface area contributed by atoms with Crippen molar-refractivity contribution < 1.29 is 14.7 Å². The second kappa shape index (κ2) is 5.95. The number of rotatable bonds is 5. The van der Waals surface area contributed by atoms with Crippen molar-refractivity contribution in [2.45, 2.75) is 39.2 Å². The van der Waals surface area contributed by atoms with Crippen molar-refractivity contribution in [3.63, 3.8) is 0 Å². The predicted octanol–water partition coefficient (Wildman–Crippen LogP) is 3.02. The van der Waals surface area contributed by atoms with Gasteiger partial charge in [-0.2, -0.15) is 0 Å². The monoisotopic (exact) mass is 339 g/mol. The highest BCUT2D eigenvalue weighted by Gasteiger charge is 2.45. The molecule has 0 saturated heterocycles. The lowest BCUT2D eigenvalue weighted by Gasteiger charge is -2.36. The van der Waals surface area contributed by atoms with Gasteiger partial charge in [0.2, 0.25) is 5.91 Å². The molecule has 1 saturated carbocycles. The van der Waals surface area contributed by atoms with Crippen LogP contribution in [0.2, 0.25) is 0 Å². The number of amides is 1. The van der Waals surface area contributed by atoms with E-state index < -0.39 is 11.4 Å². The summed E-state index contributed by atoms with van der Waals surface area (Å²) in [5, 5.41) is 12.0. The number of carbonyl (C=O) groups is 2. The maximum absolute atomic E-state index is 11.9. The minimum Gasteiger partial charge on any atom is -0.481 e. The van der Waals surface area contributed by atoms with Gasteiger partial charge in [0.1, 0.15) is 0 Å². The van der Waals surface area contributed by atoms with Crippen molar-refractivity contribution in [2.24, 2.45) is 5.41 Å². The number of aryl methyl sites for hydroxylation is 1. The van der Waals surface area contributed by atoms with Crippen LogP contribution >= 0.6 is 15.9 Å². The zero-order valence-corrected chi connectivity index (χ0v) is 13.0. The Labute approximate surface area is 126 Å². The molecule has 20 heavy (non-hydrogen) atoms. The second-order valence-corrected chi connectivity index (χ2v) is 6.23. The highest BCUT2D eigenvalue weighted by Crippen LogP contribution is 2.44. The minimum absolute atomic E-state index is 0.0752. The van der Waals surface area contributed by atoms with Crippen molar-refractivity contribution in [1.82, 2.24) is 5.32 Å². The molecule has 1 amide bonds. The van der Waals surface area contributed by atoms with E-state index in [9.17, 15) is 14.7 Å². The number of benzene rings is 1. The van der Waals surface area contributed by atoms with Gasteiger partial charge in [0.05, 0.1) is 5.41 Å². The van der Waals surface area contributed by atoms with Crippen LogP contribution in [0.4, 0.5) is 0 Å². The number of carboxylic acids is 1. The molecule has 4 nitrogen and oxygen atoms in total. The summed E-state index contributed by atoms with van der Waals surface area (Å²) in [4.78, 5) is 23.2. The number of hydrogen-bond donors (Lipinski definition) is 2. The molecule has 2 N–H and O–H groups in total. The van der Waals surface area contributed by atoms with E-state index in [0.29, 0.717) is 19.4 Å². The van der Waals surface area contributed by atoms with Crippen molar-refractivity contribution in [2.75, 3.05) is 0 Å². The smallest absolute Gasteiger partial charge is 0.310 e. The first-order valence-electron chi connectivity index (χ1n) is 6.69. The summed E-state index contributed by atoms with van der Waals surface area (Å²) in [6.45, 7) is 2.40. The maximum Gasteiger partial charge on any atom is 0.310 e. The number of aliphatic carboxylic acids is 1. The highest BCUT2D eigenvalue weighted by molar-refractivity contribution is 9.10. The van der Waals surface area contributed by atoms with Crippen molar-refractivity contribution in [3.05, 3.63) is 33.8 Å². The standard InChI is InChI=1S/C15H18BrNO3/c1-10-4-2-5-11(13(10)16)9-17-12(18)8-15(14(19)20)6-3-7-15/h2,4-5H,3,6-9H2,1H3,(H,17,18)(H,19,20). The van der Waals surface area contributed by atoms with E-state index in [-0.39, 0.29) is 12.3 Å². The molecule has 0 aliphatic heterocycles. The van der Waals surface area contributed by atoms with Crippen LogP contribution in [-0.2, 0) is 16.1 Å². The average molecular weight is 340 g/mol. The van der Waals surface area contributed by atoms with Crippen LogP contribution in [0.5, 0.6) is 0 Å². The average Bonchev–Trinajstić information content (AvgIpc) is 2.35. The Bertz CT molecular complexity index is 538. The summed E-state index contributed by atoms with van der Waals surface area (Å²) in [5.41, 5.74) is 1.28. The van der Waals surface area contributed by atoms with Gasteiger partial charge in [-0.25, -0.2) is 0 Å². The van der Waals surface area contributed by atoms with Gasteiger partial charge in [0.15, 0.2) is 0 Å². The Balaban J connectivity index is 1.92. The highest BCUT2D eigenvalue weighted by atomic mass is 79.9. The molecule has 0 heterocycles. The molecule has 108 valence electrons. The molecule has 1 aromatic rings. The Morgan fingerprint density at radius 1 is 1.40 bits per heavy atom. The molecule has 0 unspecified atom stereocenters. The number of carbonyl (C=O) groups excluding carboxylic acids is 1.